The first kappa shape index (κ1) is 19.3. The molecule has 29 heavy (non-hydrogen) atoms. The van der Waals surface area contributed by atoms with Gasteiger partial charge in [-0.3, -0.25) is 0 Å². The fourth-order valence-electron chi connectivity index (χ4n) is 3.47. The van der Waals surface area contributed by atoms with Gasteiger partial charge in [0.15, 0.2) is 5.03 Å². The second-order valence-corrected chi connectivity index (χ2v) is 9.21. The van der Waals surface area contributed by atoms with Gasteiger partial charge >= 0.3 is 0 Å². The molecule has 0 radical (unpaired) electrons. The predicted molar refractivity (Wildman–Crippen MR) is 111 cm³/mol. The van der Waals surface area contributed by atoms with Crippen LogP contribution in [0.5, 0.6) is 0 Å². The molecule has 4 aromatic rings. The molecule has 0 N–H and O–H groups in total. The standard InChI is InChI=1S/C23H21FN2O2S/c1-15-4-10-20(11-5-15)29(27,28)23-22-12-16(2)14-26(22)21(17(3)25-23)13-18-6-8-19(24)9-7-18/h4-12,14H,13H2,1-3H3. The number of halogens is 1. The molecule has 148 valence electrons. The zero-order chi connectivity index (χ0) is 20.8. The van der Waals surface area contributed by atoms with E-state index >= 15 is 0 Å². The quantitative estimate of drug-likeness (QED) is 0.486. The molecule has 0 saturated heterocycles. The Morgan fingerprint density at radius 1 is 0.931 bits per heavy atom. The number of hydrogen-bond acceptors (Lipinski definition) is 3. The average Bonchev–Trinajstić information content (AvgIpc) is 3.07. The third kappa shape index (κ3) is 3.56. The molecule has 4 rings (SSSR count). The lowest BCUT2D eigenvalue weighted by Gasteiger charge is -2.14. The van der Waals surface area contributed by atoms with E-state index in [0.29, 0.717) is 17.6 Å². The summed E-state index contributed by atoms with van der Waals surface area (Å²) in [6.07, 6.45) is 2.44. The maximum Gasteiger partial charge on any atom is 0.225 e. The largest absolute Gasteiger partial charge is 0.316 e. The molecular weight excluding hydrogens is 387 g/mol. The molecule has 0 aliphatic rings. The third-order valence-corrected chi connectivity index (χ3v) is 6.73. The molecule has 2 heterocycles. The summed E-state index contributed by atoms with van der Waals surface area (Å²) in [6.45, 7) is 5.64. The average molecular weight is 408 g/mol. The van der Waals surface area contributed by atoms with Crippen molar-refractivity contribution in [2.24, 2.45) is 0 Å². The van der Waals surface area contributed by atoms with Crippen LogP contribution >= 0.6 is 0 Å². The molecule has 0 bridgehead atoms. The highest BCUT2D eigenvalue weighted by atomic mass is 32.2. The molecule has 2 aromatic heterocycles. The van der Waals surface area contributed by atoms with Crippen LogP contribution in [0.15, 0.2) is 70.7 Å². The monoisotopic (exact) mass is 408 g/mol. The normalized spacial score (nSPS) is 11.9. The number of rotatable bonds is 4. The summed E-state index contributed by atoms with van der Waals surface area (Å²) >= 11 is 0. The van der Waals surface area contributed by atoms with E-state index in [1.807, 2.05) is 37.4 Å². The van der Waals surface area contributed by atoms with Crippen molar-refractivity contribution in [2.45, 2.75) is 37.1 Å². The first-order valence-electron chi connectivity index (χ1n) is 9.30. The van der Waals surface area contributed by atoms with E-state index in [1.165, 1.54) is 12.1 Å². The zero-order valence-corrected chi connectivity index (χ0v) is 17.3. The summed E-state index contributed by atoms with van der Waals surface area (Å²) in [5, 5.41) is 0.0507. The van der Waals surface area contributed by atoms with E-state index in [9.17, 15) is 12.8 Å². The number of nitrogens with zero attached hydrogens (tertiary/aromatic N) is 2. The lowest BCUT2D eigenvalue weighted by molar-refractivity contribution is 0.592. The fourth-order valence-corrected chi connectivity index (χ4v) is 4.88. The van der Waals surface area contributed by atoms with Crippen LogP contribution in [-0.2, 0) is 16.3 Å². The van der Waals surface area contributed by atoms with E-state index in [0.717, 1.165) is 22.4 Å². The molecule has 0 unspecified atom stereocenters. The molecule has 0 fully saturated rings. The van der Waals surface area contributed by atoms with Gasteiger partial charge in [-0.25, -0.2) is 17.8 Å². The molecular formula is C23H21FN2O2S. The topological polar surface area (TPSA) is 51.4 Å². The van der Waals surface area contributed by atoms with Crippen molar-refractivity contribution >= 4 is 15.4 Å². The van der Waals surface area contributed by atoms with Gasteiger partial charge in [0, 0.05) is 18.3 Å². The highest BCUT2D eigenvalue weighted by Gasteiger charge is 2.25. The Hall–Kier alpha value is -2.99. The van der Waals surface area contributed by atoms with Crippen molar-refractivity contribution in [1.29, 1.82) is 0 Å². The van der Waals surface area contributed by atoms with Crippen LogP contribution in [0.1, 0.15) is 28.1 Å². The van der Waals surface area contributed by atoms with Gasteiger partial charge in [-0.2, -0.15) is 0 Å². The third-order valence-electron chi connectivity index (χ3n) is 5.02. The van der Waals surface area contributed by atoms with Gasteiger partial charge in [0.25, 0.3) is 0 Å². The maximum atomic E-state index is 13.3. The molecule has 0 atom stereocenters. The van der Waals surface area contributed by atoms with Gasteiger partial charge in [0.1, 0.15) is 5.82 Å². The van der Waals surface area contributed by atoms with E-state index in [1.54, 1.807) is 36.4 Å². The Labute approximate surface area is 169 Å². The van der Waals surface area contributed by atoms with Gasteiger partial charge in [0.2, 0.25) is 9.84 Å². The van der Waals surface area contributed by atoms with Gasteiger partial charge in [0.05, 0.1) is 16.1 Å². The summed E-state index contributed by atoms with van der Waals surface area (Å²) in [5.74, 6) is -0.287. The highest BCUT2D eigenvalue weighted by Crippen LogP contribution is 2.28. The minimum absolute atomic E-state index is 0.0507. The maximum absolute atomic E-state index is 13.3. The summed E-state index contributed by atoms with van der Waals surface area (Å²) in [7, 11) is -3.77. The van der Waals surface area contributed by atoms with Crippen LogP contribution in [-0.4, -0.2) is 17.8 Å². The fraction of sp³-hybridized carbons (Fsp3) is 0.174. The Balaban J connectivity index is 1.89. The number of benzene rings is 2. The number of sulfone groups is 1. The van der Waals surface area contributed by atoms with Crippen molar-refractivity contribution < 1.29 is 12.8 Å². The van der Waals surface area contributed by atoms with Crippen LogP contribution in [0.25, 0.3) is 5.52 Å². The highest BCUT2D eigenvalue weighted by molar-refractivity contribution is 7.91. The predicted octanol–water partition coefficient (Wildman–Crippen LogP) is 4.82. The smallest absolute Gasteiger partial charge is 0.225 e. The number of hydrogen-bond donors (Lipinski definition) is 0. The summed E-state index contributed by atoms with van der Waals surface area (Å²) in [6, 6.07) is 14.9. The number of aromatic nitrogens is 2. The lowest BCUT2D eigenvalue weighted by Crippen LogP contribution is -2.12. The van der Waals surface area contributed by atoms with Crippen molar-refractivity contribution in [3.05, 3.63) is 94.7 Å². The summed E-state index contributed by atoms with van der Waals surface area (Å²) < 4.78 is 41.8. The van der Waals surface area contributed by atoms with E-state index in [2.05, 4.69) is 4.98 Å². The van der Waals surface area contributed by atoms with Gasteiger partial charge in [-0.1, -0.05) is 29.8 Å². The van der Waals surface area contributed by atoms with Crippen molar-refractivity contribution in [3.8, 4) is 0 Å². The SMILES string of the molecule is Cc1ccc(S(=O)(=O)c2nc(C)c(Cc3ccc(F)cc3)n3cc(C)cc23)cc1. The Morgan fingerprint density at radius 3 is 2.24 bits per heavy atom. The Bertz CT molecular complexity index is 1310. The summed E-state index contributed by atoms with van der Waals surface area (Å²) in [5.41, 5.74) is 4.92. The zero-order valence-electron chi connectivity index (χ0n) is 16.5. The van der Waals surface area contributed by atoms with Crippen LogP contribution < -0.4 is 0 Å². The number of fused-ring (bicyclic) bond motifs is 1. The second kappa shape index (κ2) is 7.12. The first-order chi connectivity index (χ1) is 13.8. The van der Waals surface area contributed by atoms with Gasteiger partial charge in [-0.05, 0) is 62.2 Å². The van der Waals surface area contributed by atoms with Crippen LogP contribution in [0.2, 0.25) is 0 Å². The molecule has 2 aromatic carbocycles. The molecule has 0 saturated carbocycles. The van der Waals surface area contributed by atoms with Crippen LogP contribution in [0.3, 0.4) is 0 Å². The second-order valence-electron chi connectivity index (χ2n) is 7.34. The van der Waals surface area contributed by atoms with Gasteiger partial charge in [-0.15, -0.1) is 0 Å². The molecule has 4 nitrogen and oxygen atoms in total. The van der Waals surface area contributed by atoms with Crippen molar-refractivity contribution in [2.75, 3.05) is 0 Å². The number of aryl methyl sites for hydroxylation is 3. The van der Waals surface area contributed by atoms with Crippen molar-refractivity contribution in [3.63, 3.8) is 0 Å². The minimum atomic E-state index is -3.77. The first-order valence-corrected chi connectivity index (χ1v) is 10.8. The van der Waals surface area contributed by atoms with Crippen LogP contribution in [0.4, 0.5) is 4.39 Å². The molecule has 0 aliphatic heterocycles. The van der Waals surface area contributed by atoms with Crippen LogP contribution in [0, 0.1) is 26.6 Å². The van der Waals surface area contributed by atoms with E-state index < -0.39 is 9.84 Å². The lowest BCUT2D eigenvalue weighted by atomic mass is 10.1. The van der Waals surface area contributed by atoms with E-state index in [4.69, 9.17) is 0 Å². The summed E-state index contributed by atoms with van der Waals surface area (Å²) in [4.78, 5) is 4.74. The molecule has 6 heteroatoms. The molecule has 0 amide bonds. The van der Waals surface area contributed by atoms with E-state index in [-0.39, 0.29) is 15.7 Å². The molecule has 0 spiro atoms. The molecule has 0 aliphatic carbocycles. The Morgan fingerprint density at radius 2 is 1.59 bits per heavy atom. The van der Waals surface area contributed by atoms with Crippen molar-refractivity contribution in [1.82, 2.24) is 9.38 Å². The Kier molecular flexibility index (Phi) is 4.74. The van der Waals surface area contributed by atoms with Gasteiger partial charge < -0.3 is 4.40 Å². The minimum Gasteiger partial charge on any atom is -0.316 e.